The van der Waals surface area contributed by atoms with E-state index in [1.54, 1.807) is 6.92 Å². The third-order valence-corrected chi connectivity index (χ3v) is 6.32. The molecule has 0 spiro atoms. The highest BCUT2D eigenvalue weighted by Gasteiger charge is 2.30. The number of nitrogens with one attached hydrogen (secondary N) is 1. The zero-order chi connectivity index (χ0) is 19.4. The second-order valence-electron chi connectivity index (χ2n) is 7.14. The van der Waals surface area contributed by atoms with Crippen molar-refractivity contribution in [1.82, 2.24) is 0 Å². The van der Waals surface area contributed by atoms with Crippen molar-refractivity contribution in [2.24, 2.45) is 5.92 Å². The van der Waals surface area contributed by atoms with Crippen LogP contribution in [0.2, 0.25) is 0 Å². The predicted molar refractivity (Wildman–Crippen MR) is 110 cm³/mol. The summed E-state index contributed by atoms with van der Waals surface area (Å²) in [6.45, 7) is 6.37. The van der Waals surface area contributed by atoms with Gasteiger partial charge in [0.15, 0.2) is 0 Å². The second kappa shape index (κ2) is 8.70. The highest BCUT2D eigenvalue weighted by molar-refractivity contribution is 7.17. The number of thiophene rings is 1. The Balaban J connectivity index is 1.91. The molecule has 144 valence electrons. The zero-order valence-corrected chi connectivity index (χ0v) is 17.0. The van der Waals surface area contributed by atoms with Gasteiger partial charge in [0, 0.05) is 4.88 Å². The number of rotatable bonds is 6. The molecule has 1 heterocycles. The van der Waals surface area contributed by atoms with Crippen LogP contribution in [0.1, 0.15) is 65.9 Å². The summed E-state index contributed by atoms with van der Waals surface area (Å²) in [6.07, 6.45) is 3.59. The first-order chi connectivity index (χ1) is 13.0. The molecule has 1 aliphatic rings. The predicted octanol–water partition coefficient (Wildman–Crippen LogP) is 5.18. The third-order valence-electron chi connectivity index (χ3n) is 5.15. The number of carbonyl (C=O) groups excluding carboxylic acids is 2. The van der Waals surface area contributed by atoms with Crippen molar-refractivity contribution >= 4 is 28.2 Å². The molecule has 0 saturated carbocycles. The Kier molecular flexibility index (Phi) is 6.32. The number of esters is 1. The summed E-state index contributed by atoms with van der Waals surface area (Å²) in [6, 6.07) is 9.78. The molecule has 3 rings (SSSR count). The highest BCUT2D eigenvalue weighted by atomic mass is 32.1. The molecule has 0 unspecified atom stereocenters. The number of anilines is 1. The minimum atomic E-state index is -0.326. The van der Waals surface area contributed by atoms with E-state index < -0.39 is 0 Å². The van der Waals surface area contributed by atoms with E-state index in [1.165, 1.54) is 16.2 Å². The Bertz CT molecular complexity index is 812. The average Bonchev–Trinajstić information content (AvgIpc) is 3.00. The number of ether oxygens (including phenoxy) is 1. The number of fused-ring (bicyclic) bond motifs is 1. The van der Waals surface area contributed by atoms with Gasteiger partial charge in [0.25, 0.3) is 0 Å². The van der Waals surface area contributed by atoms with E-state index in [2.05, 4.69) is 12.2 Å². The molecule has 1 aliphatic carbocycles. The van der Waals surface area contributed by atoms with Gasteiger partial charge in [-0.05, 0) is 49.7 Å². The lowest BCUT2D eigenvalue weighted by Gasteiger charge is -2.18. The molecule has 1 aromatic carbocycles. The van der Waals surface area contributed by atoms with Crippen LogP contribution in [0.5, 0.6) is 0 Å². The molecule has 0 fully saturated rings. The van der Waals surface area contributed by atoms with Crippen molar-refractivity contribution < 1.29 is 14.3 Å². The lowest BCUT2D eigenvalue weighted by molar-refractivity contribution is -0.117. The number of carbonyl (C=O) groups is 2. The quantitative estimate of drug-likeness (QED) is 0.697. The first-order valence-electron chi connectivity index (χ1n) is 9.72. The van der Waals surface area contributed by atoms with E-state index in [-0.39, 0.29) is 17.8 Å². The number of amides is 1. The normalized spacial score (nSPS) is 17.1. The summed E-state index contributed by atoms with van der Waals surface area (Å²) in [4.78, 5) is 26.8. The third kappa shape index (κ3) is 4.24. The molecule has 0 bridgehead atoms. The van der Waals surface area contributed by atoms with Crippen LogP contribution in [-0.4, -0.2) is 18.5 Å². The van der Waals surface area contributed by atoms with Crippen molar-refractivity contribution in [2.75, 3.05) is 11.9 Å². The second-order valence-corrected chi connectivity index (χ2v) is 8.24. The molecule has 2 aromatic rings. The Morgan fingerprint density at radius 1 is 1.26 bits per heavy atom. The van der Waals surface area contributed by atoms with Gasteiger partial charge in [0.05, 0.1) is 18.1 Å². The van der Waals surface area contributed by atoms with Crippen LogP contribution in [0.4, 0.5) is 5.00 Å². The van der Waals surface area contributed by atoms with Crippen LogP contribution in [0.15, 0.2) is 30.3 Å². The number of benzene rings is 1. The van der Waals surface area contributed by atoms with E-state index in [0.717, 1.165) is 30.4 Å². The summed E-state index contributed by atoms with van der Waals surface area (Å²) >= 11 is 1.54. The molecule has 27 heavy (non-hydrogen) atoms. The van der Waals surface area contributed by atoms with Gasteiger partial charge < -0.3 is 10.1 Å². The fraction of sp³-hybridized carbons (Fsp3) is 0.455. The lowest BCUT2D eigenvalue weighted by Crippen LogP contribution is -2.22. The zero-order valence-electron chi connectivity index (χ0n) is 16.2. The number of hydrogen-bond donors (Lipinski definition) is 1. The fourth-order valence-electron chi connectivity index (χ4n) is 3.71. The highest BCUT2D eigenvalue weighted by Crippen LogP contribution is 2.40. The van der Waals surface area contributed by atoms with Gasteiger partial charge in [-0.3, -0.25) is 4.79 Å². The summed E-state index contributed by atoms with van der Waals surface area (Å²) < 4.78 is 5.29. The molecule has 0 saturated heterocycles. The molecule has 2 atom stereocenters. The largest absolute Gasteiger partial charge is 0.462 e. The standard InChI is InChI=1S/C22H27NO3S/c1-4-16(15-9-7-6-8-10-15)20(24)23-21-19(22(25)26-5-2)17-12-11-14(3)13-18(17)27-21/h6-10,14,16H,4-5,11-13H2,1-3H3,(H,23,24)/t14-,16+/m1/s1. The van der Waals surface area contributed by atoms with Crippen LogP contribution < -0.4 is 5.32 Å². The minimum Gasteiger partial charge on any atom is -0.462 e. The van der Waals surface area contributed by atoms with Gasteiger partial charge in [-0.15, -0.1) is 11.3 Å². The molecule has 4 nitrogen and oxygen atoms in total. The molecule has 5 heteroatoms. The Labute approximate surface area is 164 Å². The first-order valence-corrected chi connectivity index (χ1v) is 10.5. The Hall–Kier alpha value is -2.14. The Morgan fingerprint density at radius 3 is 2.67 bits per heavy atom. The molecule has 1 aromatic heterocycles. The topological polar surface area (TPSA) is 55.4 Å². The van der Waals surface area contributed by atoms with Gasteiger partial charge in [-0.2, -0.15) is 0 Å². The molecule has 1 N–H and O–H groups in total. The van der Waals surface area contributed by atoms with E-state index in [9.17, 15) is 9.59 Å². The number of hydrogen-bond acceptors (Lipinski definition) is 4. The SMILES string of the molecule is CCOC(=O)c1c(NC(=O)[C@@H](CC)c2ccccc2)sc2c1CC[C@@H](C)C2. The monoisotopic (exact) mass is 385 g/mol. The van der Waals surface area contributed by atoms with E-state index in [0.29, 0.717) is 29.5 Å². The minimum absolute atomic E-state index is 0.0686. The van der Waals surface area contributed by atoms with Crippen molar-refractivity contribution in [3.05, 3.63) is 51.9 Å². The smallest absolute Gasteiger partial charge is 0.341 e. The van der Waals surface area contributed by atoms with Crippen molar-refractivity contribution in [1.29, 1.82) is 0 Å². The molecular formula is C22H27NO3S. The van der Waals surface area contributed by atoms with Crippen molar-refractivity contribution in [3.63, 3.8) is 0 Å². The van der Waals surface area contributed by atoms with Crippen molar-refractivity contribution in [2.45, 2.75) is 52.4 Å². The summed E-state index contributed by atoms with van der Waals surface area (Å²) in [5.41, 5.74) is 2.63. The fourth-order valence-corrected chi connectivity index (χ4v) is 5.12. The van der Waals surface area contributed by atoms with Gasteiger partial charge in [-0.1, -0.05) is 44.2 Å². The van der Waals surface area contributed by atoms with Crippen LogP contribution >= 0.6 is 11.3 Å². The van der Waals surface area contributed by atoms with Gasteiger partial charge >= 0.3 is 5.97 Å². The van der Waals surface area contributed by atoms with E-state index >= 15 is 0 Å². The summed E-state index contributed by atoms with van der Waals surface area (Å²) in [5, 5.41) is 3.70. The van der Waals surface area contributed by atoms with Gasteiger partial charge in [0.2, 0.25) is 5.91 Å². The van der Waals surface area contributed by atoms with E-state index in [1.807, 2.05) is 37.3 Å². The lowest BCUT2D eigenvalue weighted by atomic mass is 9.88. The van der Waals surface area contributed by atoms with Crippen LogP contribution in [0, 0.1) is 5.92 Å². The van der Waals surface area contributed by atoms with Crippen LogP contribution in [-0.2, 0) is 22.4 Å². The molecule has 1 amide bonds. The summed E-state index contributed by atoms with van der Waals surface area (Å²) in [5.74, 6) is -0.0322. The van der Waals surface area contributed by atoms with Crippen molar-refractivity contribution in [3.8, 4) is 0 Å². The average molecular weight is 386 g/mol. The molecule has 0 radical (unpaired) electrons. The van der Waals surface area contributed by atoms with E-state index in [4.69, 9.17) is 4.74 Å². The first kappa shape index (κ1) is 19.6. The van der Waals surface area contributed by atoms with Crippen LogP contribution in [0.25, 0.3) is 0 Å². The summed E-state index contributed by atoms with van der Waals surface area (Å²) in [7, 11) is 0. The maximum Gasteiger partial charge on any atom is 0.341 e. The molecular weight excluding hydrogens is 358 g/mol. The van der Waals surface area contributed by atoms with Gasteiger partial charge in [0.1, 0.15) is 5.00 Å². The van der Waals surface area contributed by atoms with Crippen LogP contribution in [0.3, 0.4) is 0 Å². The van der Waals surface area contributed by atoms with Gasteiger partial charge in [-0.25, -0.2) is 4.79 Å². The maximum absolute atomic E-state index is 13.0. The molecule has 0 aliphatic heterocycles. The maximum atomic E-state index is 13.0. The Morgan fingerprint density at radius 2 is 2.00 bits per heavy atom.